The van der Waals surface area contributed by atoms with Gasteiger partial charge in [-0.15, -0.1) is 0 Å². The number of aryl methyl sites for hydroxylation is 1. The molecule has 0 aliphatic carbocycles. The number of rotatable bonds is 13. The van der Waals surface area contributed by atoms with Crippen LogP contribution in [0.2, 0.25) is 0 Å². The Morgan fingerprint density at radius 3 is 2.70 bits per heavy atom. The number of ether oxygens (including phenoxy) is 2. The number of methoxy groups -OCH3 is 1. The van der Waals surface area contributed by atoms with Gasteiger partial charge >= 0.3 is 0 Å². The molecule has 0 radical (unpaired) electrons. The maximum atomic E-state index is 13.4. The summed E-state index contributed by atoms with van der Waals surface area (Å²) in [6.07, 6.45) is 3.81. The van der Waals surface area contributed by atoms with Crippen LogP contribution in [0.5, 0.6) is 11.5 Å². The van der Waals surface area contributed by atoms with E-state index in [4.69, 9.17) is 19.1 Å². The van der Waals surface area contributed by atoms with Crippen LogP contribution in [-0.2, 0) is 34.3 Å². The van der Waals surface area contributed by atoms with Crippen LogP contribution < -0.4 is 19.5 Å². The summed E-state index contributed by atoms with van der Waals surface area (Å²) < 4.78 is 60.1. The third kappa shape index (κ3) is 6.40. The van der Waals surface area contributed by atoms with Crippen LogP contribution >= 0.6 is 0 Å². The summed E-state index contributed by atoms with van der Waals surface area (Å²) in [5, 5.41) is 20.0. The third-order valence-corrected chi connectivity index (χ3v) is 7.19. The molecule has 0 aliphatic rings. The number of benzene rings is 2. The lowest BCUT2D eigenvalue weighted by atomic mass is 10.1. The Labute approximate surface area is 229 Å². The van der Waals surface area contributed by atoms with E-state index in [1.54, 1.807) is 35.1 Å². The maximum absolute atomic E-state index is 13.4. The molecule has 2 aromatic carbocycles. The van der Waals surface area contributed by atoms with Gasteiger partial charge in [-0.2, -0.15) is 5.10 Å². The summed E-state index contributed by atoms with van der Waals surface area (Å²) in [5.74, 6) is -1.64. The normalized spacial score (nSPS) is 11.4. The van der Waals surface area contributed by atoms with Gasteiger partial charge in [0.2, 0.25) is 0 Å². The third-order valence-electron chi connectivity index (χ3n) is 5.83. The molecule has 2 heterocycles. The van der Waals surface area contributed by atoms with Gasteiger partial charge < -0.3 is 24.4 Å². The Balaban J connectivity index is 1.59. The number of nitrogens with zero attached hydrogens (tertiary/aromatic N) is 3. The molecule has 40 heavy (non-hydrogen) atoms. The van der Waals surface area contributed by atoms with Crippen molar-refractivity contribution in [2.24, 2.45) is 0 Å². The number of hydrogen-bond donors (Lipinski definition) is 3. The highest BCUT2D eigenvalue weighted by Gasteiger charge is 2.25. The van der Waals surface area contributed by atoms with Gasteiger partial charge in [-0.05, 0) is 41.8 Å². The van der Waals surface area contributed by atoms with Crippen molar-refractivity contribution in [2.45, 2.75) is 31.3 Å². The highest BCUT2D eigenvalue weighted by Crippen LogP contribution is 2.36. The Morgan fingerprint density at radius 2 is 2.00 bits per heavy atom. The van der Waals surface area contributed by atoms with Crippen molar-refractivity contribution in [3.63, 3.8) is 0 Å². The maximum Gasteiger partial charge on any atom is 0.279 e. The van der Waals surface area contributed by atoms with Gasteiger partial charge in [0.15, 0.2) is 17.2 Å². The fourth-order valence-electron chi connectivity index (χ4n) is 3.90. The molecule has 0 fully saturated rings. The lowest BCUT2D eigenvalue weighted by molar-refractivity contribution is -0.119. The Kier molecular flexibility index (Phi) is 8.70. The van der Waals surface area contributed by atoms with E-state index in [-0.39, 0.29) is 48.3 Å². The van der Waals surface area contributed by atoms with E-state index in [1.807, 2.05) is 6.92 Å². The van der Waals surface area contributed by atoms with Crippen LogP contribution in [0.25, 0.3) is 11.0 Å². The van der Waals surface area contributed by atoms with Crippen molar-refractivity contribution in [3.8, 4) is 11.5 Å². The Hall–Kier alpha value is -4.43. The number of amides is 1. The summed E-state index contributed by atoms with van der Waals surface area (Å²) >= 11 is 0. The minimum Gasteiger partial charge on any atom is -0.496 e. The molecule has 4 aromatic rings. The summed E-state index contributed by atoms with van der Waals surface area (Å²) in [7, 11) is -2.74. The molecule has 12 nitrogen and oxygen atoms in total. The topological polar surface area (TPSA) is 158 Å². The van der Waals surface area contributed by atoms with E-state index in [2.05, 4.69) is 26.9 Å². The van der Waals surface area contributed by atoms with Crippen molar-refractivity contribution >= 4 is 32.7 Å². The van der Waals surface area contributed by atoms with Gasteiger partial charge in [0, 0.05) is 18.3 Å². The number of fused-ring (bicyclic) bond motifs is 1. The average molecular weight is 574 g/mol. The minimum atomic E-state index is -4.17. The highest BCUT2D eigenvalue weighted by atomic mass is 32.2. The number of hydrogen-bond acceptors (Lipinski definition) is 9. The largest absolute Gasteiger partial charge is 0.496 e. The predicted octanol–water partition coefficient (Wildman–Crippen LogP) is 2.91. The summed E-state index contributed by atoms with van der Waals surface area (Å²) in [6, 6.07) is 8.17. The molecular weight excluding hydrogens is 545 g/mol. The fourth-order valence-corrected chi connectivity index (χ4v) is 5.10. The van der Waals surface area contributed by atoms with Crippen LogP contribution in [0.1, 0.15) is 23.6 Å². The van der Waals surface area contributed by atoms with Gasteiger partial charge in [0.25, 0.3) is 15.9 Å². The monoisotopic (exact) mass is 573 g/mol. The van der Waals surface area contributed by atoms with E-state index in [0.717, 1.165) is 5.56 Å². The summed E-state index contributed by atoms with van der Waals surface area (Å²) in [6.45, 7) is 4.86. The molecule has 0 bridgehead atoms. The molecule has 1 amide bonds. The number of aliphatic hydroxyl groups is 1. The van der Waals surface area contributed by atoms with Gasteiger partial charge in [-0.25, -0.2) is 12.8 Å². The number of halogens is 1. The van der Waals surface area contributed by atoms with E-state index in [9.17, 15) is 17.6 Å². The second kappa shape index (κ2) is 12.2. The van der Waals surface area contributed by atoms with Crippen molar-refractivity contribution in [2.75, 3.05) is 25.0 Å². The number of aromatic nitrogens is 3. The van der Waals surface area contributed by atoms with Crippen molar-refractivity contribution in [1.29, 1.82) is 0 Å². The van der Waals surface area contributed by atoms with E-state index in [1.165, 1.54) is 19.4 Å². The molecule has 0 aliphatic heterocycles. The molecule has 0 saturated carbocycles. The van der Waals surface area contributed by atoms with Crippen LogP contribution in [0, 0.1) is 0 Å². The smallest absolute Gasteiger partial charge is 0.279 e. The molecule has 0 atom stereocenters. The number of sulfonamides is 1. The molecule has 0 unspecified atom stereocenters. The summed E-state index contributed by atoms with van der Waals surface area (Å²) in [5.41, 5.74) is 2.41. The lowest BCUT2D eigenvalue weighted by Gasteiger charge is -2.13. The first kappa shape index (κ1) is 28.6. The second-order valence-corrected chi connectivity index (χ2v) is 10.3. The van der Waals surface area contributed by atoms with Gasteiger partial charge in [-0.1, -0.05) is 24.7 Å². The van der Waals surface area contributed by atoms with Gasteiger partial charge in [0.05, 0.1) is 26.5 Å². The van der Waals surface area contributed by atoms with E-state index < -0.39 is 21.8 Å². The van der Waals surface area contributed by atoms with Crippen molar-refractivity contribution in [1.82, 2.24) is 20.3 Å². The van der Waals surface area contributed by atoms with Crippen molar-refractivity contribution in [3.05, 3.63) is 71.8 Å². The zero-order valence-corrected chi connectivity index (χ0v) is 22.6. The van der Waals surface area contributed by atoms with E-state index >= 15 is 0 Å². The first-order chi connectivity index (χ1) is 19.1. The zero-order chi connectivity index (χ0) is 28.9. The highest BCUT2D eigenvalue weighted by molar-refractivity contribution is 7.92. The predicted molar refractivity (Wildman–Crippen MR) is 143 cm³/mol. The fraction of sp³-hybridized carbons (Fsp3) is 0.269. The minimum absolute atomic E-state index is 0.0695. The van der Waals surface area contributed by atoms with Crippen LogP contribution in [0.4, 0.5) is 10.2 Å². The molecule has 4 rings (SSSR count). The quantitative estimate of drug-likeness (QED) is 0.205. The molecular formula is C26H28FN5O7S. The SMILES string of the molecule is C=C(F)C(=O)NCc1cnn(Cc2cc(OC)c3c(NS(=O)(=O)c4cc(CC)ccc4OCCO)noc3c2)c1. The number of anilines is 1. The second-order valence-electron chi connectivity index (χ2n) is 8.65. The molecule has 14 heteroatoms. The Morgan fingerprint density at radius 1 is 1.20 bits per heavy atom. The first-order valence-electron chi connectivity index (χ1n) is 12.1. The Bertz CT molecular complexity index is 1650. The summed E-state index contributed by atoms with van der Waals surface area (Å²) in [4.78, 5) is 11.3. The number of aliphatic hydroxyl groups excluding tert-OH is 1. The van der Waals surface area contributed by atoms with Gasteiger partial charge in [-0.3, -0.25) is 14.2 Å². The number of carbonyl (C=O) groups is 1. The van der Waals surface area contributed by atoms with Crippen LogP contribution in [0.3, 0.4) is 0 Å². The zero-order valence-electron chi connectivity index (χ0n) is 21.8. The number of nitrogens with one attached hydrogen (secondary N) is 2. The lowest BCUT2D eigenvalue weighted by Crippen LogP contribution is -2.22. The standard InChI is InChI=1S/C26H28FN5O7S/c1-4-17-5-6-20(38-8-7-33)23(11-17)40(35,36)31-25-24-21(37-3)9-18(10-22(24)39-30-25)14-32-15-19(13-29-32)12-28-26(34)16(2)27/h5-6,9-11,13,15,33H,2,4,7-8,12,14H2,1,3H3,(H,28,34)(H,30,31). The van der Waals surface area contributed by atoms with Crippen LogP contribution in [0.15, 0.2) is 64.5 Å². The van der Waals surface area contributed by atoms with Crippen LogP contribution in [-0.4, -0.2) is 54.7 Å². The van der Waals surface area contributed by atoms with Gasteiger partial charge in [0.1, 0.15) is 28.4 Å². The molecule has 0 spiro atoms. The molecule has 3 N–H and O–H groups in total. The van der Waals surface area contributed by atoms with Crippen molar-refractivity contribution < 1.29 is 36.7 Å². The molecule has 212 valence electrons. The number of carbonyl (C=O) groups excluding carboxylic acids is 1. The molecule has 0 saturated heterocycles. The average Bonchev–Trinajstić information content (AvgIpc) is 3.56. The van der Waals surface area contributed by atoms with E-state index in [0.29, 0.717) is 28.7 Å². The first-order valence-corrected chi connectivity index (χ1v) is 13.6. The molecule has 2 aromatic heterocycles.